The van der Waals surface area contributed by atoms with Crippen molar-refractivity contribution in [2.75, 3.05) is 47.5 Å². The molecule has 0 bridgehead atoms. The summed E-state index contributed by atoms with van der Waals surface area (Å²) in [7, 11) is 1.49. The monoisotopic (exact) mass is 859 g/mol. The maximum absolute atomic E-state index is 12.7. The van der Waals surface area contributed by atoms with Gasteiger partial charge in [0.2, 0.25) is 0 Å². The Bertz CT molecular complexity index is 1000. The summed E-state index contributed by atoms with van der Waals surface area (Å²) < 4.78 is 34.4. The third-order valence-corrected chi connectivity index (χ3v) is 12.2. The Hall–Kier alpha value is -1.25. The van der Waals surface area contributed by atoms with Crippen LogP contribution in [0.1, 0.15) is 238 Å². The highest BCUT2D eigenvalue weighted by atomic mass is 31.2. The van der Waals surface area contributed by atoms with Crippen molar-refractivity contribution >= 4 is 19.8 Å². The zero-order chi connectivity index (χ0) is 43.6. The van der Waals surface area contributed by atoms with E-state index in [1.807, 2.05) is 27.2 Å². The second kappa shape index (κ2) is 42.1. The molecule has 0 spiro atoms. The number of esters is 2. The van der Waals surface area contributed by atoms with E-state index in [-0.39, 0.29) is 25.6 Å². The van der Waals surface area contributed by atoms with Crippen LogP contribution >= 0.6 is 7.82 Å². The van der Waals surface area contributed by atoms with Gasteiger partial charge in [-0.2, -0.15) is 0 Å². The molecular formula is C49H97NO8P+. The lowest BCUT2D eigenvalue weighted by molar-refractivity contribution is -0.870. The van der Waals surface area contributed by atoms with Crippen molar-refractivity contribution in [2.24, 2.45) is 0 Å². The van der Waals surface area contributed by atoms with Crippen molar-refractivity contribution in [2.45, 2.75) is 244 Å². The largest absolute Gasteiger partial charge is 0.472 e. The smallest absolute Gasteiger partial charge is 0.462 e. The van der Waals surface area contributed by atoms with Crippen LogP contribution in [0.25, 0.3) is 0 Å². The molecule has 0 aliphatic heterocycles. The van der Waals surface area contributed by atoms with Gasteiger partial charge < -0.3 is 18.9 Å². The highest BCUT2D eigenvalue weighted by Gasteiger charge is 2.27. The second-order valence-corrected chi connectivity index (χ2v) is 19.8. The van der Waals surface area contributed by atoms with Crippen molar-refractivity contribution < 1.29 is 42.1 Å². The van der Waals surface area contributed by atoms with Gasteiger partial charge in [-0.3, -0.25) is 18.6 Å². The Balaban J connectivity index is 4.21. The molecule has 0 aromatic carbocycles. The highest BCUT2D eigenvalue weighted by Crippen LogP contribution is 2.43. The van der Waals surface area contributed by atoms with Crippen LogP contribution in [-0.2, 0) is 32.7 Å². The number of rotatable bonds is 47. The number of ether oxygens (including phenoxy) is 2. The molecule has 1 N–H and O–H groups in total. The summed E-state index contributed by atoms with van der Waals surface area (Å²) in [4.78, 5) is 35.5. The van der Waals surface area contributed by atoms with Crippen molar-refractivity contribution in [1.29, 1.82) is 0 Å². The Morgan fingerprint density at radius 1 is 0.542 bits per heavy atom. The summed E-state index contributed by atoms with van der Waals surface area (Å²) in [6.45, 7) is 5.99. The molecule has 0 aromatic rings. The van der Waals surface area contributed by atoms with Crippen molar-refractivity contribution in [3.05, 3.63) is 12.7 Å². The van der Waals surface area contributed by atoms with Crippen molar-refractivity contribution in [1.82, 2.24) is 0 Å². The molecule has 0 heterocycles. The van der Waals surface area contributed by atoms with Gasteiger partial charge in [-0.15, -0.1) is 6.58 Å². The molecule has 10 heteroatoms. The van der Waals surface area contributed by atoms with E-state index in [2.05, 4.69) is 13.5 Å². The first kappa shape index (κ1) is 57.8. The fourth-order valence-corrected chi connectivity index (χ4v) is 8.03. The van der Waals surface area contributed by atoms with Crippen LogP contribution in [0.15, 0.2) is 12.7 Å². The molecule has 0 aliphatic rings. The maximum atomic E-state index is 12.7. The number of allylic oxidation sites excluding steroid dienone is 1. The minimum Gasteiger partial charge on any atom is -0.462 e. The van der Waals surface area contributed by atoms with Crippen molar-refractivity contribution in [3.63, 3.8) is 0 Å². The number of carbonyl (C=O) groups excluding carboxylic acids is 2. The molecule has 9 nitrogen and oxygen atoms in total. The van der Waals surface area contributed by atoms with Gasteiger partial charge in [0.1, 0.15) is 19.8 Å². The minimum atomic E-state index is -4.37. The number of phosphoric ester groups is 1. The van der Waals surface area contributed by atoms with E-state index in [0.717, 1.165) is 38.5 Å². The minimum absolute atomic E-state index is 0.0348. The Morgan fingerprint density at radius 2 is 0.898 bits per heavy atom. The molecule has 2 atom stereocenters. The van der Waals surface area contributed by atoms with Crippen LogP contribution in [0, 0.1) is 0 Å². The van der Waals surface area contributed by atoms with E-state index in [1.54, 1.807) is 0 Å². The van der Waals surface area contributed by atoms with E-state index in [0.29, 0.717) is 23.9 Å². The number of likely N-dealkylation sites (N-methyl/N-ethyl adjacent to an activating group) is 1. The van der Waals surface area contributed by atoms with E-state index in [4.69, 9.17) is 18.5 Å². The summed E-state index contributed by atoms with van der Waals surface area (Å²) in [5.41, 5.74) is 0. The topological polar surface area (TPSA) is 108 Å². The van der Waals surface area contributed by atoms with Gasteiger partial charge in [-0.05, 0) is 25.7 Å². The third kappa shape index (κ3) is 46.1. The first-order valence-electron chi connectivity index (χ1n) is 24.9. The van der Waals surface area contributed by atoms with Gasteiger partial charge in [0.25, 0.3) is 0 Å². The number of phosphoric acid groups is 1. The molecule has 59 heavy (non-hydrogen) atoms. The van der Waals surface area contributed by atoms with Crippen LogP contribution in [-0.4, -0.2) is 74.9 Å². The average molecular weight is 859 g/mol. The molecule has 0 aromatic heterocycles. The molecule has 0 amide bonds. The number of hydrogen-bond donors (Lipinski definition) is 1. The third-order valence-electron chi connectivity index (χ3n) is 11.2. The summed E-state index contributed by atoms with van der Waals surface area (Å²) in [5, 5.41) is 0. The first-order chi connectivity index (χ1) is 28.5. The molecule has 1 unspecified atom stereocenters. The standard InChI is InChI=1S/C49H96NO8P/c1-6-8-10-12-14-16-18-20-22-23-24-25-26-28-30-32-34-36-38-40-42-49(52)58-47(46-57-59(53,54)56-44-43-50(3,4)5)45-55-48(51)41-39-37-35-33-31-29-27-21-19-17-15-13-11-9-7-2/h7,47H,2,6,8-46H2,1,3-5H3/p+1/t47-/m1/s1. The fourth-order valence-electron chi connectivity index (χ4n) is 7.29. The molecule has 0 saturated heterocycles. The average Bonchev–Trinajstić information content (AvgIpc) is 3.19. The Kier molecular flexibility index (Phi) is 41.2. The first-order valence-corrected chi connectivity index (χ1v) is 26.4. The highest BCUT2D eigenvalue weighted by molar-refractivity contribution is 7.47. The predicted octanol–water partition coefficient (Wildman–Crippen LogP) is 14.5. The van der Waals surface area contributed by atoms with Crippen LogP contribution in [0.2, 0.25) is 0 Å². The predicted molar refractivity (Wildman–Crippen MR) is 248 cm³/mol. The molecule has 0 fully saturated rings. The maximum Gasteiger partial charge on any atom is 0.472 e. The number of hydrogen-bond acceptors (Lipinski definition) is 7. The quantitative estimate of drug-likeness (QED) is 0.0212. The van der Waals surface area contributed by atoms with Crippen LogP contribution in [0.3, 0.4) is 0 Å². The Labute approximate surface area is 365 Å². The zero-order valence-electron chi connectivity index (χ0n) is 39.3. The summed E-state index contributed by atoms with van der Waals surface area (Å²) in [5.74, 6) is -0.786. The lowest BCUT2D eigenvalue weighted by Crippen LogP contribution is -2.37. The number of nitrogens with zero attached hydrogens (tertiary/aromatic N) is 1. The van der Waals surface area contributed by atoms with Crippen LogP contribution in [0.4, 0.5) is 0 Å². The number of unbranched alkanes of at least 4 members (excludes halogenated alkanes) is 32. The Morgan fingerprint density at radius 3 is 1.27 bits per heavy atom. The van der Waals surface area contributed by atoms with Gasteiger partial charge in [0, 0.05) is 12.8 Å². The molecular weight excluding hydrogens is 762 g/mol. The molecule has 0 saturated carbocycles. The zero-order valence-corrected chi connectivity index (χ0v) is 40.2. The lowest BCUT2D eigenvalue weighted by atomic mass is 10.0. The molecule has 0 rings (SSSR count). The van der Waals surface area contributed by atoms with Gasteiger partial charge in [0.05, 0.1) is 27.7 Å². The SMILES string of the molecule is C=CCCCCCCCCCCCCCCCC(=O)OC[C@H](COP(=O)(O)OCC[N+](C)(C)C)OC(=O)CCCCCCCCCCCCCCCCCCCCCC. The molecule has 0 aliphatic carbocycles. The van der Waals surface area contributed by atoms with E-state index >= 15 is 0 Å². The van der Waals surface area contributed by atoms with E-state index in [9.17, 15) is 19.0 Å². The van der Waals surface area contributed by atoms with Crippen molar-refractivity contribution in [3.8, 4) is 0 Å². The van der Waals surface area contributed by atoms with Gasteiger partial charge >= 0.3 is 19.8 Å². The molecule has 350 valence electrons. The van der Waals surface area contributed by atoms with E-state index in [1.165, 1.54) is 173 Å². The number of quaternary nitrogens is 1. The fraction of sp³-hybridized carbons (Fsp3) is 0.918. The van der Waals surface area contributed by atoms with E-state index < -0.39 is 26.5 Å². The van der Waals surface area contributed by atoms with Gasteiger partial charge in [-0.25, -0.2) is 4.57 Å². The summed E-state index contributed by atoms with van der Waals surface area (Å²) >= 11 is 0. The molecule has 0 radical (unpaired) electrons. The van der Waals surface area contributed by atoms with Gasteiger partial charge in [-0.1, -0.05) is 206 Å². The van der Waals surface area contributed by atoms with Crippen LogP contribution in [0.5, 0.6) is 0 Å². The normalized spacial score (nSPS) is 13.3. The second-order valence-electron chi connectivity index (χ2n) is 18.3. The summed E-state index contributed by atoms with van der Waals surface area (Å²) in [6, 6.07) is 0. The van der Waals surface area contributed by atoms with Crippen LogP contribution < -0.4 is 0 Å². The lowest BCUT2D eigenvalue weighted by Gasteiger charge is -2.24. The summed E-state index contributed by atoms with van der Waals surface area (Å²) in [6.07, 6.45) is 44.4. The number of carbonyl (C=O) groups is 2. The van der Waals surface area contributed by atoms with Gasteiger partial charge in [0.15, 0.2) is 6.10 Å².